The second-order valence-corrected chi connectivity index (χ2v) is 5.03. The van der Waals surface area contributed by atoms with Gasteiger partial charge in [0, 0.05) is 18.5 Å². The van der Waals surface area contributed by atoms with Crippen molar-refractivity contribution in [2.45, 2.75) is 26.2 Å². The number of nitrogens with two attached hydrogens (primary N) is 1. The fourth-order valence-corrected chi connectivity index (χ4v) is 2.04. The molecule has 86 valence electrons. The van der Waals surface area contributed by atoms with Gasteiger partial charge in [0.25, 0.3) is 0 Å². The Bertz CT molecular complexity index is 242. The molecule has 2 aliphatic rings. The second kappa shape index (κ2) is 4.39. The lowest BCUT2D eigenvalue weighted by molar-refractivity contribution is -0.0945. The molecule has 4 nitrogen and oxygen atoms in total. The maximum absolute atomic E-state index is 5.97. The van der Waals surface area contributed by atoms with Gasteiger partial charge in [-0.15, -0.1) is 0 Å². The molecule has 0 atom stereocenters. The number of aliphatic imine (C=N–C) groups is 1. The average Bonchev–Trinajstić information content (AvgIpc) is 2.24. The Balaban J connectivity index is 1.82. The molecule has 0 aromatic rings. The predicted octanol–water partition coefficient (Wildman–Crippen LogP) is 0.823. The van der Waals surface area contributed by atoms with Gasteiger partial charge in [-0.1, -0.05) is 6.92 Å². The molecule has 0 aromatic carbocycles. The van der Waals surface area contributed by atoms with Crippen LogP contribution in [0.1, 0.15) is 26.2 Å². The standard InChI is InChI=1S/C11H21N3O/c1-11(8-15-9-11)7-13-10(12)14-5-3-2-4-6-14/h2-9H2,1H3,(H2,12,13). The first-order chi connectivity index (χ1) is 7.20. The van der Waals surface area contributed by atoms with E-state index in [9.17, 15) is 0 Å². The number of likely N-dealkylation sites (tertiary alicyclic amines) is 1. The van der Waals surface area contributed by atoms with Crippen LogP contribution < -0.4 is 5.73 Å². The summed E-state index contributed by atoms with van der Waals surface area (Å²) in [4.78, 5) is 6.68. The lowest BCUT2D eigenvalue weighted by atomic mass is 9.89. The summed E-state index contributed by atoms with van der Waals surface area (Å²) in [5.41, 5.74) is 6.21. The Kier molecular flexibility index (Phi) is 3.14. The van der Waals surface area contributed by atoms with Crippen molar-refractivity contribution in [3.63, 3.8) is 0 Å². The summed E-state index contributed by atoms with van der Waals surface area (Å²) in [6.45, 7) is 6.79. The van der Waals surface area contributed by atoms with E-state index in [1.165, 1.54) is 19.3 Å². The molecule has 0 aliphatic carbocycles. The van der Waals surface area contributed by atoms with Crippen molar-refractivity contribution in [1.82, 2.24) is 4.90 Å². The topological polar surface area (TPSA) is 50.8 Å². The van der Waals surface area contributed by atoms with E-state index >= 15 is 0 Å². The molecule has 2 saturated heterocycles. The van der Waals surface area contributed by atoms with Gasteiger partial charge in [0.05, 0.1) is 19.8 Å². The third-order valence-electron chi connectivity index (χ3n) is 3.20. The van der Waals surface area contributed by atoms with E-state index in [0.29, 0.717) is 0 Å². The van der Waals surface area contributed by atoms with Crippen molar-refractivity contribution < 1.29 is 4.74 Å². The first-order valence-corrected chi connectivity index (χ1v) is 5.82. The number of hydrogen-bond acceptors (Lipinski definition) is 2. The summed E-state index contributed by atoms with van der Waals surface area (Å²) >= 11 is 0. The summed E-state index contributed by atoms with van der Waals surface area (Å²) < 4.78 is 5.19. The average molecular weight is 211 g/mol. The van der Waals surface area contributed by atoms with Gasteiger partial charge in [-0.3, -0.25) is 4.99 Å². The normalized spacial score (nSPS) is 26.2. The van der Waals surface area contributed by atoms with Gasteiger partial charge in [-0.25, -0.2) is 0 Å². The predicted molar refractivity (Wildman–Crippen MR) is 60.8 cm³/mol. The summed E-state index contributed by atoms with van der Waals surface area (Å²) in [7, 11) is 0. The Morgan fingerprint density at radius 3 is 2.53 bits per heavy atom. The minimum atomic E-state index is 0.237. The molecule has 2 aliphatic heterocycles. The zero-order valence-electron chi connectivity index (χ0n) is 9.54. The van der Waals surface area contributed by atoms with Crippen LogP contribution in [0.3, 0.4) is 0 Å². The van der Waals surface area contributed by atoms with E-state index in [0.717, 1.165) is 38.8 Å². The van der Waals surface area contributed by atoms with Gasteiger partial charge >= 0.3 is 0 Å². The highest BCUT2D eigenvalue weighted by Gasteiger charge is 2.33. The lowest BCUT2D eigenvalue weighted by Crippen LogP contribution is -2.45. The van der Waals surface area contributed by atoms with Crippen LogP contribution in [0.25, 0.3) is 0 Å². The van der Waals surface area contributed by atoms with E-state index in [4.69, 9.17) is 10.5 Å². The Hall–Kier alpha value is -0.770. The number of piperidine rings is 1. The molecule has 0 bridgehead atoms. The zero-order chi connectivity index (χ0) is 10.7. The molecule has 0 radical (unpaired) electrons. The number of hydrogen-bond donors (Lipinski definition) is 1. The third-order valence-corrected chi connectivity index (χ3v) is 3.20. The lowest BCUT2D eigenvalue weighted by Gasteiger charge is -2.37. The summed E-state index contributed by atoms with van der Waals surface area (Å²) in [5, 5.41) is 0. The van der Waals surface area contributed by atoms with Gasteiger partial charge < -0.3 is 15.4 Å². The molecule has 0 unspecified atom stereocenters. The van der Waals surface area contributed by atoms with Crippen LogP contribution in [0.5, 0.6) is 0 Å². The SMILES string of the molecule is CC1(CN=C(N)N2CCCCC2)COC1. The molecule has 2 heterocycles. The number of rotatable bonds is 2. The van der Waals surface area contributed by atoms with Crippen LogP contribution in [-0.2, 0) is 4.74 Å². The molecule has 2 N–H and O–H groups in total. The molecule has 0 spiro atoms. The van der Waals surface area contributed by atoms with Crippen LogP contribution in [0.2, 0.25) is 0 Å². The molecule has 2 rings (SSSR count). The van der Waals surface area contributed by atoms with E-state index in [2.05, 4.69) is 16.8 Å². The third kappa shape index (κ3) is 2.62. The molecule has 0 saturated carbocycles. The first kappa shape index (κ1) is 10.7. The van der Waals surface area contributed by atoms with Gasteiger partial charge in [0.2, 0.25) is 0 Å². The quantitative estimate of drug-likeness (QED) is 0.543. The highest BCUT2D eigenvalue weighted by Crippen LogP contribution is 2.26. The summed E-state index contributed by atoms with van der Waals surface area (Å²) in [6.07, 6.45) is 3.82. The molecular weight excluding hydrogens is 190 g/mol. The maximum Gasteiger partial charge on any atom is 0.191 e. The van der Waals surface area contributed by atoms with Crippen molar-refractivity contribution in [3.05, 3.63) is 0 Å². The van der Waals surface area contributed by atoms with Crippen LogP contribution >= 0.6 is 0 Å². The van der Waals surface area contributed by atoms with Crippen LogP contribution in [-0.4, -0.2) is 43.7 Å². The van der Waals surface area contributed by atoms with Gasteiger partial charge in [-0.05, 0) is 19.3 Å². The summed E-state index contributed by atoms with van der Waals surface area (Å²) in [5.74, 6) is 0.725. The zero-order valence-corrected chi connectivity index (χ0v) is 9.54. The Morgan fingerprint density at radius 2 is 2.00 bits per heavy atom. The molecular formula is C11H21N3O. The van der Waals surface area contributed by atoms with Crippen molar-refractivity contribution in [1.29, 1.82) is 0 Å². The van der Waals surface area contributed by atoms with Crippen molar-refractivity contribution in [2.24, 2.45) is 16.1 Å². The van der Waals surface area contributed by atoms with E-state index in [-0.39, 0.29) is 5.41 Å². The van der Waals surface area contributed by atoms with Gasteiger partial charge in [0.15, 0.2) is 5.96 Å². The minimum absolute atomic E-state index is 0.237. The fraction of sp³-hybridized carbons (Fsp3) is 0.909. The molecule has 0 aromatic heterocycles. The minimum Gasteiger partial charge on any atom is -0.380 e. The molecule has 4 heteroatoms. The van der Waals surface area contributed by atoms with E-state index < -0.39 is 0 Å². The monoisotopic (exact) mass is 211 g/mol. The van der Waals surface area contributed by atoms with Crippen molar-refractivity contribution in [2.75, 3.05) is 32.8 Å². The number of ether oxygens (including phenoxy) is 1. The van der Waals surface area contributed by atoms with Crippen molar-refractivity contribution >= 4 is 5.96 Å². The molecule has 0 amide bonds. The maximum atomic E-state index is 5.97. The second-order valence-electron chi connectivity index (χ2n) is 5.03. The largest absolute Gasteiger partial charge is 0.380 e. The number of nitrogens with zero attached hydrogens (tertiary/aromatic N) is 2. The fourth-order valence-electron chi connectivity index (χ4n) is 2.04. The van der Waals surface area contributed by atoms with E-state index in [1.807, 2.05) is 0 Å². The Morgan fingerprint density at radius 1 is 1.33 bits per heavy atom. The van der Waals surface area contributed by atoms with Gasteiger partial charge in [0.1, 0.15) is 0 Å². The van der Waals surface area contributed by atoms with Crippen LogP contribution in [0, 0.1) is 5.41 Å². The smallest absolute Gasteiger partial charge is 0.191 e. The first-order valence-electron chi connectivity index (χ1n) is 5.82. The molecule has 2 fully saturated rings. The van der Waals surface area contributed by atoms with Crippen LogP contribution in [0.15, 0.2) is 4.99 Å². The van der Waals surface area contributed by atoms with E-state index in [1.54, 1.807) is 0 Å². The number of guanidine groups is 1. The molecule has 15 heavy (non-hydrogen) atoms. The highest BCUT2D eigenvalue weighted by molar-refractivity contribution is 5.78. The summed E-state index contributed by atoms with van der Waals surface area (Å²) in [6, 6.07) is 0. The Labute approximate surface area is 91.5 Å². The van der Waals surface area contributed by atoms with Crippen LogP contribution in [0.4, 0.5) is 0 Å². The van der Waals surface area contributed by atoms with Crippen molar-refractivity contribution in [3.8, 4) is 0 Å². The van der Waals surface area contributed by atoms with Gasteiger partial charge in [-0.2, -0.15) is 0 Å². The highest BCUT2D eigenvalue weighted by atomic mass is 16.5.